The van der Waals surface area contributed by atoms with Crippen molar-refractivity contribution in [3.05, 3.63) is 59.1 Å². The van der Waals surface area contributed by atoms with E-state index in [1.807, 2.05) is 36.4 Å². The normalized spacial score (nSPS) is 16.7. The van der Waals surface area contributed by atoms with Crippen LogP contribution in [0.2, 0.25) is 5.02 Å². The number of phenols is 1. The van der Waals surface area contributed by atoms with Crippen molar-refractivity contribution in [2.45, 2.75) is 36.1 Å². The number of carboxylic acid groups (broad SMARTS) is 1. The van der Waals surface area contributed by atoms with Gasteiger partial charge in [0.25, 0.3) is 0 Å². The second kappa shape index (κ2) is 15.1. The van der Waals surface area contributed by atoms with Crippen LogP contribution in [0.25, 0.3) is 33.5 Å². The molecule has 4 aromatic rings. The molecule has 2 aromatic heterocycles. The first-order valence-electron chi connectivity index (χ1n) is 14.6. The van der Waals surface area contributed by atoms with Gasteiger partial charge >= 0.3 is 5.97 Å². The zero-order valence-electron chi connectivity index (χ0n) is 24.6. The molecule has 0 amide bonds. The van der Waals surface area contributed by atoms with E-state index < -0.39 is 37.0 Å². The summed E-state index contributed by atoms with van der Waals surface area (Å²) in [5.74, 6) is -0.575. The van der Waals surface area contributed by atoms with Gasteiger partial charge in [0.2, 0.25) is 0 Å². The van der Waals surface area contributed by atoms with E-state index in [0.29, 0.717) is 51.6 Å². The third kappa shape index (κ3) is 8.15. The summed E-state index contributed by atoms with van der Waals surface area (Å²) in [6.07, 6.45) is -6.05. The Bertz CT molecular complexity index is 1650. The maximum atomic E-state index is 10.9. The van der Waals surface area contributed by atoms with E-state index in [2.05, 4.69) is 25.2 Å². The number of aliphatic hydroxyl groups excluding tert-OH is 5. The molecule has 1 aliphatic heterocycles. The highest BCUT2D eigenvalue weighted by Crippen LogP contribution is 2.34. The summed E-state index contributed by atoms with van der Waals surface area (Å²) in [6, 6.07) is 14.8. The first-order chi connectivity index (χ1) is 22.0. The molecule has 2 aromatic carbocycles. The summed E-state index contributed by atoms with van der Waals surface area (Å²) in [6.45, 7) is 2.19. The molecule has 1 fully saturated rings. The number of carboxylic acids is 1. The van der Waals surface area contributed by atoms with Gasteiger partial charge in [-0.2, -0.15) is 0 Å². The zero-order valence-corrected chi connectivity index (χ0v) is 26.2. The van der Waals surface area contributed by atoms with Crippen LogP contribution in [0.4, 0.5) is 0 Å². The number of nitrogens with zero attached hydrogens (tertiary/aromatic N) is 3. The van der Waals surface area contributed by atoms with Gasteiger partial charge < -0.3 is 46.0 Å². The molecule has 3 unspecified atom stereocenters. The number of thioether (sulfide) groups is 1. The fraction of sp³-hybridized carbons (Fsp3) is 0.387. The largest absolute Gasteiger partial charge is 0.507 e. The quantitative estimate of drug-likeness (QED) is 0.0814. The van der Waals surface area contributed by atoms with Gasteiger partial charge in [-0.25, -0.2) is 9.97 Å². The van der Waals surface area contributed by atoms with E-state index in [1.165, 1.54) is 0 Å². The van der Waals surface area contributed by atoms with Gasteiger partial charge in [-0.15, -0.1) is 0 Å². The van der Waals surface area contributed by atoms with Crippen molar-refractivity contribution in [2.24, 2.45) is 5.92 Å². The number of hydrogen-bond donors (Lipinski definition) is 9. The van der Waals surface area contributed by atoms with Crippen molar-refractivity contribution in [1.82, 2.24) is 25.2 Å². The Morgan fingerprint density at radius 3 is 2.39 bits per heavy atom. The Labute approximate surface area is 273 Å². The van der Waals surface area contributed by atoms with Gasteiger partial charge in [-0.05, 0) is 29.2 Å². The van der Waals surface area contributed by atoms with Gasteiger partial charge in [-0.3, -0.25) is 9.69 Å². The number of fused-ring (bicyclic) bond motifs is 1. The number of benzene rings is 2. The number of aromatic nitrogens is 3. The highest BCUT2D eigenvalue weighted by molar-refractivity contribution is 7.99. The van der Waals surface area contributed by atoms with Crippen LogP contribution in [0.3, 0.4) is 0 Å². The number of hydrogen-bond acceptors (Lipinski definition) is 12. The number of imidazole rings is 1. The van der Waals surface area contributed by atoms with E-state index in [1.54, 1.807) is 12.1 Å². The molecule has 13 nitrogen and oxygen atoms in total. The number of phenolic OH excluding ortho intramolecular Hbond substituents is 1. The maximum Gasteiger partial charge on any atom is 0.313 e. The van der Waals surface area contributed by atoms with Crippen molar-refractivity contribution in [3.8, 4) is 28.1 Å². The van der Waals surface area contributed by atoms with E-state index in [4.69, 9.17) is 21.8 Å². The average Bonchev–Trinajstić information content (AvgIpc) is 3.42. The van der Waals surface area contributed by atoms with Gasteiger partial charge in [0.15, 0.2) is 10.8 Å². The third-order valence-electron chi connectivity index (χ3n) is 7.82. The lowest BCUT2D eigenvalue weighted by molar-refractivity contribution is -0.133. The number of aromatic hydroxyl groups is 1. The summed E-state index contributed by atoms with van der Waals surface area (Å²) in [7, 11) is 0. The summed E-state index contributed by atoms with van der Waals surface area (Å²) in [4.78, 5) is 25.1. The number of pyridine rings is 1. The molecule has 4 atom stereocenters. The van der Waals surface area contributed by atoms with Crippen molar-refractivity contribution < 1.29 is 40.5 Å². The maximum absolute atomic E-state index is 10.9. The van der Waals surface area contributed by atoms with Crippen molar-refractivity contribution >= 4 is 40.5 Å². The summed E-state index contributed by atoms with van der Waals surface area (Å²) in [5, 5.41) is 71.6. The molecule has 0 radical (unpaired) electrons. The lowest BCUT2D eigenvalue weighted by atomic mass is 9.97. The minimum atomic E-state index is -1.64. The molecule has 0 saturated carbocycles. The first kappa shape index (κ1) is 34.0. The number of halogens is 1. The molecule has 3 heterocycles. The summed E-state index contributed by atoms with van der Waals surface area (Å²) in [5.41, 5.74) is 4.80. The van der Waals surface area contributed by atoms with Gasteiger partial charge in [0, 0.05) is 43.9 Å². The molecular weight excluding hydrogens is 638 g/mol. The Hall–Kier alpha value is -3.31. The molecule has 246 valence electrons. The molecule has 9 N–H and O–H groups in total. The zero-order chi connectivity index (χ0) is 33.0. The molecule has 0 bridgehead atoms. The van der Waals surface area contributed by atoms with Crippen LogP contribution in [0, 0.1) is 5.92 Å². The average molecular weight is 674 g/mol. The van der Waals surface area contributed by atoms with E-state index in [9.17, 15) is 30.3 Å². The van der Waals surface area contributed by atoms with Crippen LogP contribution >= 0.6 is 23.4 Å². The lowest BCUT2D eigenvalue weighted by Crippen LogP contribution is -2.52. The third-order valence-corrected chi connectivity index (χ3v) is 8.97. The molecule has 15 heteroatoms. The van der Waals surface area contributed by atoms with Gasteiger partial charge in [0.1, 0.15) is 24.1 Å². The molecule has 5 rings (SSSR count). The smallest absolute Gasteiger partial charge is 0.313 e. The van der Waals surface area contributed by atoms with Crippen LogP contribution in [0.15, 0.2) is 53.7 Å². The predicted octanol–water partition coefficient (Wildman–Crippen LogP) is 1.28. The number of aliphatic carboxylic acids is 1. The SMILES string of the molecule is O=C(O)CSc1nc2nc(-c3ccc(-c4ccc(CN5CC(CNCC(O)C(O)[C@@H](O)C(O)CO)C5)cc4O)cc3)c(Cl)cc2[nH]1. The summed E-state index contributed by atoms with van der Waals surface area (Å²) < 4.78 is 0. The number of aliphatic hydroxyl groups is 5. The fourth-order valence-corrected chi connectivity index (χ4v) is 6.19. The minimum absolute atomic E-state index is 0.0301. The van der Waals surface area contributed by atoms with Gasteiger partial charge in [-0.1, -0.05) is 59.8 Å². The second-order valence-electron chi connectivity index (χ2n) is 11.4. The number of likely N-dealkylation sites (tertiary alicyclic amines) is 1. The number of rotatable bonds is 15. The number of nitrogens with one attached hydrogen (secondary N) is 2. The van der Waals surface area contributed by atoms with E-state index >= 15 is 0 Å². The van der Waals surface area contributed by atoms with Gasteiger partial charge in [0.05, 0.1) is 34.7 Å². The van der Waals surface area contributed by atoms with Crippen molar-refractivity contribution in [3.63, 3.8) is 0 Å². The highest BCUT2D eigenvalue weighted by Gasteiger charge is 2.31. The topological polar surface area (TPSA) is 216 Å². The Kier molecular flexibility index (Phi) is 11.1. The van der Waals surface area contributed by atoms with Crippen LogP contribution in [-0.2, 0) is 11.3 Å². The fourth-order valence-electron chi connectivity index (χ4n) is 5.34. The predicted molar refractivity (Wildman–Crippen MR) is 173 cm³/mol. The number of aromatic amines is 1. The monoisotopic (exact) mass is 673 g/mol. The highest BCUT2D eigenvalue weighted by atomic mass is 35.5. The Morgan fingerprint density at radius 2 is 1.72 bits per heavy atom. The molecule has 46 heavy (non-hydrogen) atoms. The van der Waals surface area contributed by atoms with Crippen LogP contribution in [-0.4, -0.2) is 125 Å². The first-order valence-corrected chi connectivity index (χ1v) is 16.0. The van der Waals surface area contributed by atoms with Crippen LogP contribution in [0.1, 0.15) is 5.56 Å². The number of carbonyl (C=O) groups is 1. The minimum Gasteiger partial charge on any atom is -0.507 e. The van der Waals surface area contributed by atoms with E-state index in [0.717, 1.165) is 41.5 Å². The Morgan fingerprint density at radius 1 is 1.02 bits per heavy atom. The molecule has 0 aliphatic carbocycles. The summed E-state index contributed by atoms with van der Waals surface area (Å²) >= 11 is 7.58. The Balaban J connectivity index is 1.12. The second-order valence-corrected chi connectivity index (χ2v) is 12.7. The molecule has 1 saturated heterocycles. The molecule has 0 spiro atoms. The number of H-pyrrole nitrogens is 1. The van der Waals surface area contributed by atoms with E-state index in [-0.39, 0.29) is 18.0 Å². The van der Waals surface area contributed by atoms with Crippen LogP contribution in [0.5, 0.6) is 5.75 Å². The van der Waals surface area contributed by atoms with Crippen molar-refractivity contribution in [2.75, 3.05) is 38.5 Å². The molecular formula is C31H36ClN5O8S. The van der Waals surface area contributed by atoms with Crippen LogP contribution < -0.4 is 5.32 Å². The lowest BCUT2D eigenvalue weighted by Gasteiger charge is -2.39. The molecule has 1 aliphatic rings. The standard InChI is InChI=1S/C31H36ClN5O8S/c32-21-8-22-30(36-31(34-22)46-15-26(42)43)35-27(21)19-4-2-18(3-5-19)20-6-1-16(7-23(20)39)11-37-12-17(13-37)9-33-10-24(40)28(44)29(45)25(41)14-38/h1-8,17,24-25,28-29,33,38-41,44-45H,9-15H2,(H,42,43)(H,34,35,36)/t24?,25?,28?,29-/m0/s1. The van der Waals surface area contributed by atoms with Crippen molar-refractivity contribution in [1.29, 1.82) is 0 Å².